The van der Waals surface area contributed by atoms with Crippen LogP contribution in [0.1, 0.15) is 28.8 Å². The maximum Gasteiger partial charge on any atom is 0.338 e. The van der Waals surface area contributed by atoms with Gasteiger partial charge in [0.05, 0.1) is 11.3 Å². The van der Waals surface area contributed by atoms with E-state index in [-0.39, 0.29) is 17.4 Å². The van der Waals surface area contributed by atoms with E-state index in [1.165, 1.54) is 0 Å². The summed E-state index contributed by atoms with van der Waals surface area (Å²) in [6.07, 6.45) is 1.36. The molecule has 0 aromatic heterocycles. The summed E-state index contributed by atoms with van der Waals surface area (Å²) in [6.45, 7) is 2.88. The summed E-state index contributed by atoms with van der Waals surface area (Å²) in [6, 6.07) is 5.07. The third kappa shape index (κ3) is 3.12. The molecule has 0 atom stereocenters. The number of anilines is 1. The maximum absolute atomic E-state index is 12.1. The number of aromatic carboxylic acids is 1. The lowest BCUT2D eigenvalue weighted by atomic mass is 9.98. The van der Waals surface area contributed by atoms with Crippen molar-refractivity contribution in [1.29, 1.82) is 0 Å². The molecule has 1 heterocycles. The number of nitrogens with one attached hydrogen (secondary N) is 1. The van der Waals surface area contributed by atoms with Crippen LogP contribution in [0.2, 0.25) is 0 Å². The highest BCUT2D eigenvalue weighted by molar-refractivity contribution is 6.02. The van der Waals surface area contributed by atoms with Gasteiger partial charge in [0.2, 0.25) is 5.91 Å². The summed E-state index contributed by atoms with van der Waals surface area (Å²) in [5.41, 5.74) is 1.16. The first kappa shape index (κ1) is 13.5. The molecule has 0 aliphatic carbocycles. The number of carbonyl (C=O) groups is 2. The van der Waals surface area contributed by atoms with Crippen LogP contribution in [0.25, 0.3) is 0 Å². The molecule has 1 aromatic rings. The largest absolute Gasteiger partial charge is 0.478 e. The Morgan fingerprint density at radius 3 is 2.63 bits per heavy atom. The normalized spacial score (nSPS) is 16.1. The van der Waals surface area contributed by atoms with Gasteiger partial charge in [-0.2, -0.15) is 0 Å². The highest BCUT2D eigenvalue weighted by Gasteiger charge is 2.23. The minimum Gasteiger partial charge on any atom is -0.478 e. The van der Waals surface area contributed by atoms with Gasteiger partial charge in [0.1, 0.15) is 0 Å². The Balaban J connectivity index is 2.16. The summed E-state index contributed by atoms with van der Waals surface area (Å²) in [7, 11) is 0. The van der Waals surface area contributed by atoms with Gasteiger partial charge in [-0.3, -0.25) is 4.79 Å². The number of rotatable bonds is 3. The third-order valence-corrected chi connectivity index (χ3v) is 3.34. The molecule has 19 heavy (non-hydrogen) atoms. The second-order valence-corrected chi connectivity index (χ2v) is 4.68. The van der Waals surface area contributed by atoms with E-state index in [2.05, 4.69) is 5.32 Å². The number of carboxylic acid groups (broad SMARTS) is 1. The number of hydrogen-bond acceptors (Lipinski definition) is 3. The molecule has 0 saturated carbocycles. The van der Waals surface area contributed by atoms with Crippen LogP contribution in [-0.4, -0.2) is 30.2 Å². The van der Waals surface area contributed by atoms with E-state index >= 15 is 0 Å². The standard InChI is InChI=1S/C14H17NO4/c1-9-3-2-4-11(12(9)14(17)18)15-13(16)10-5-7-19-8-6-10/h2-4,10H,5-8H2,1H3,(H,15,16)(H,17,18). The topological polar surface area (TPSA) is 75.6 Å². The van der Waals surface area contributed by atoms with Crippen LogP contribution in [-0.2, 0) is 9.53 Å². The molecule has 0 unspecified atom stereocenters. The van der Waals surface area contributed by atoms with Gasteiger partial charge >= 0.3 is 5.97 Å². The number of ether oxygens (including phenoxy) is 1. The second kappa shape index (κ2) is 5.84. The van der Waals surface area contributed by atoms with E-state index < -0.39 is 5.97 Å². The van der Waals surface area contributed by atoms with Crippen molar-refractivity contribution in [3.05, 3.63) is 29.3 Å². The molecule has 0 bridgehead atoms. The minimum atomic E-state index is -1.03. The van der Waals surface area contributed by atoms with E-state index in [1.807, 2.05) is 0 Å². The summed E-state index contributed by atoms with van der Waals surface area (Å²) < 4.78 is 5.21. The molecule has 5 heteroatoms. The van der Waals surface area contributed by atoms with Gasteiger partial charge in [0, 0.05) is 19.1 Å². The zero-order valence-electron chi connectivity index (χ0n) is 10.8. The lowest BCUT2D eigenvalue weighted by molar-refractivity contribution is -0.122. The van der Waals surface area contributed by atoms with Crippen molar-refractivity contribution in [1.82, 2.24) is 0 Å². The first-order valence-electron chi connectivity index (χ1n) is 6.31. The van der Waals surface area contributed by atoms with E-state index in [9.17, 15) is 14.7 Å². The number of aryl methyl sites for hydroxylation is 1. The maximum atomic E-state index is 12.1. The van der Waals surface area contributed by atoms with E-state index in [0.29, 0.717) is 37.3 Å². The van der Waals surface area contributed by atoms with Crippen LogP contribution in [0.3, 0.4) is 0 Å². The van der Waals surface area contributed by atoms with Gasteiger partial charge < -0.3 is 15.2 Å². The van der Waals surface area contributed by atoms with Crippen LogP contribution in [0.15, 0.2) is 18.2 Å². The fourth-order valence-corrected chi connectivity index (χ4v) is 2.25. The molecule has 1 amide bonds. The number of amides is 1. The predicted molar refractivity (Wildman–Crippen MR) is 70.3 cm³/mol. The minimum absolute atomic E-state index is 0.101. The first-order chi connectivity index (χ1) is 9.09. The van der Waals surface area contributed by atoms with Gasteiger partial charge in [-0.15, -0.1) is 0 Å². The van der Waals surface area contributed by atoms with Gasteiger partial charge in [-0.25, -0.2) is 4.79 Å². The Kier molecular flexibility index (Phi) is 4.16. The van der Waals surface area contributed by atoms with Crippen LogP contribution in [0.4, 0.5) is 5.69 Å². The molecule has 0 radical (unpaired) electrons. The molecule has 0 spiro atoms. The highest BCUT2D eigenvalue weighted by atomic mass is 16.5. The summed E-state index contributed by atoms with van der Waals surface area (Å²) in [4.78, 5) is 23.3. The fraction of sp³-hybridized carbons (Fsp3) is 0.429. The molecular weight excluding hydrogens is 246 g/mol. The molecule has 2 rings (SSSR count). The van der Waals surface area contributed by atoms with Crippen molar-refractivity contribution >= 4 is 17.6 Å². The van der Waals surface area contributed by atoms with Crippen LogP contribution in [0.5, 0.6) is 0 Å². The van der Waals surface area contributed by atoms with Gasteiger partial charge in [-0.1, -0.05) is 12.1 Å². The number of hydrogen-bond donors (Lipinski definition) is 2. The summed E-state index contributed by atoms with van der Waals surface area (Å²) >= 11 is 0. The monoisotopic (exact) mass is 263 g/mol. The zero-order chi connectivity index (χ0) is 13.8. The van der Waals surface area contributed by atoms with Crippen molar-refractivity contribution in [2.75, 3.05) is 18.5 Å². The Labute approximate surface area is 111 Å². The molecule has 1 aromatic carbocycles. The summed E-state index contributed by atoms with van der Waals surface area (Å²) in [5.74, 6) is -1.26. The molecule has 2 N–H and O–H groups in total. The van der Waals surface area contributed by atoms with Crippen molar-refractivity contribution in [3.8, 4) is 0 Å². The SMILES string of the molecule is Cc1cccc(NC(=O)C2CCOCC2)c1C(=O)O. The van der Waals surface area contributed by atoms with E-state index in [0.717, 1.165) is 0 Å². The average molecular weight is 263 g/mol. The molecule has 1 saturated heterocycles. The molecule has 5 nitrogen and oxygen atoms in total. The Hall–Kier alpha value is -1.88. The van der Waals surface area contributed by atoms with E-state index in [4.69, 9.17) is 4.74 Å². The highest BCUT2D eigenvalue weighted by Crippen LogP contribution is 2.22. The van der Waals surface area contributed by atoms with Crippen molar-refractivity contribution in [2.45, 2.75) is 19.8 Å². The fourth-order valence-electron chi connectivity index (χ4n) is 2.25. The Morgan fingerprint density at radius 1 is 1.32 bits per heavy atom. The molecular formula is C14H17NO4. The number of carbonyl (C=O) groups excluding carboxylic acids is 1. The Bertz CT molecular complexity index is 492. The van der Waals surface area contributed by atoms with Crippen LogP contribution < -0.4 is 5.32 Å². The van der Waals surface area contributed by atoms with Gasteiger partial charge in [-0.05, 0) is 31.4 Å². The molecule has 1 aliphatic rings. The molecule has 1 aliphatic heterocycles. The predicted octanol–water partition coefficient (Wildman–Crippen LogP) is 2.06. The van der Waals surface area contributed by atoms with Crippen molar-refractivity contribution in [2.24, 2.45) is 5.92 Å². The zero-order valence-corrected chi connectivity index (χ0v) is 10.8. The van der Waals surface area contributed by atoms with Gasteiger partial charge in [0.15, 0.2) is 0 Å². The smallest absolute Gasteiger partial charge is 0.338 e. The van der Waals surface area contributed by atoms with Crippen molar-refractivity contribution < 1.29 is 19.4 Å². The number of carboxylic acids is 1. The first-order valence-corrected chi connectivity index (χ1v) is 6.31. The number of benzene rings is 1. The summed E-state index contributed by atoms with van der Waals surface area (Å²) in [5, 5.41) is 11.9. The lowest BCUT2D eigenvalue weighted by Gasteiger charge is -2.21. The molecule has 1 fully saturated rings. The van der Waals surface area contributed by atoms with Crippen LogP contribution in [0, 0.1) is 12.8 Å². The molecule has 102 valence electrons. The third-order valence-electron chi connectivity index (χ3n) is 3.34. The quantitative estimate of drug-likeness (QED) is 0.875. The van der Waals surface area contributed by atoms with Crippen molar-refractivity contribution in [3.63, 3.8) is 0 Å². The van der Waals surface area contributed by atoms with Gasteiger partial charge in [0.25, 0.3) is 0 Å². The van der Waals surface area contributed by atoms with Crippen LogP contribution >= 0.6 is 0 Å². The lowest BCUT2D eigenvalue weighted by Crippen LogP contribution is -2.29. The Morgan fingerprint density at radius 2 is 2.00 bits per heavy atom. The van der Waals surface area contributed by atoms with E-state index in [1.54, 1.807) is 25.1 Å². The average Bonchev–Trinajstić information content (AvgIpc) is 2.39. The second-order valence-electron chi connectivity index (χ2n) is 4.68.